The van der Waals surface area contributed by atoms with Crippen LogP contribution in [0.1, 0.15) is 236 Å². The van der Waals surface area contributed by atoms with Gasteiger partial charge in [0.15, 0.2) is 0 Å². The van der Waals surface area contributed by atoms with Crippen molar-refractivity contribution in [3.05, 3.63) is 23.3 Å². The summed E-state index contributed by atoms with van der Waals surface area (Å²) in [6.45, 7) is 27.7. The lowest BCUT2D eigenvalue weighted by atomic mass is 9.47. The van der Waals surface area contributed by atoms with E-state index in [1.54, 1.807) is 11.1 Å². The maximum atomic E-state index is 12.9. The Hall–Kier alpha value is -2.02. The molecule has 2 amide bonds. The van der Waals surface area contributed by atoms with Crippen molar-refractivity contribution in [1.29, 1.82) is 0 Å². The predicted octanol–water partition coefficient (Wildman–Crippen LogP) is 16.8. The molecule has 0 aromatic heterocycles. The first-order chi connectivity index (χ1) is 34.0. The lowest BCUT2D eigenvalue weighted by Gasteiger charge is -2.58. The van der Waals surface area contributed by atoms with Crippen LogP contribution in [0.15, 0.2) is 23.3 Å². The lowest BCUT2D eigenvalue weighted by Crippen LogP contribution is -2.51. The molecule has 0 aliphatic heterocycles. The Bertz CT molecular complexity index is 1700. The van der Waals surface area contributed by atoms with Crippen LogP contribution in [0.25, 0.3) is 0 Å². The molecule has 16 unspecified atom stereocenters. The summed E-state index contributed by atoms with van der Waals surface area (Å²) in [7, 11) is 0. The van der Waals surface area contributed by atoms with Crippen LogP contribution in [-0.4, -0.2) is 50.7 Å². The molecule has 6 saturated carbocycles. The smallest absolute Gasteiger partial charge is 0.407 e. The third-order valence-corrected chi connectivity index (χ3v) is 23.0. The number of allylic oxidation sites excluding steroid dienone is 2. The number of ether oxygens (including phenoxy) is 3. The van der Waals surface area contributed by atoms with E-state index in [-0.39, 0.29) is 35.2 Å². The molecule has 0 aromatic rings. The first-order valence-corrected chi connectivity index (χ1v) is 30.8. The number of amides is 2. The molecule has 404 valence electrons. The summed E-state index contributed by atoms with van der Waals surface area (Å²) in [6, 6.07) is 0. The normalized spacial score (nSPS) is 39.2. The highest BCUT2D eigenvalue weighted by Crippen LogP contribution is 2.69. The monoisotopic (exact) mass is 985 g/mol. The van der Waals surface area contributed by atoms with E-state index in [1.807, 2.05) is 0 Å². The number of carbonyl (C=O) groups is 2. The zero-order valence-corrected chi connectivity index (χ0v) is 47.5. The average Bonchev–Trinajstić information content (AvgIpc) is 3.87. The molecule has 8 rings (SSSR count). The molecular weight excluding hydrogens is 877 g/mol. The van der Waals surface area contributed by atoms with Gasteiger partial charge >= 0.3 is 12.2 Å². The van der Waals surface area contributed by atoms with Gasteiger partial charge in [-0.3, -0.25) is 0 Å². The van der Waals surface area contributed by atoms with Crippen LogP contribution in [-0.2, 0) is 14.2 Å². The van der Waals surface area contributed by atoms with Crippen molar-refractivity contribution in [2.75, 3.05) is 26.3 Å². The zero-order valence-electron chi connectivity index (χ0n) is 47.5. The van der Waals surface area contributed by atoms with Crippen LogP contribution in [0.4, 0.5) is 9.59 Å². The third-order valence-electron chi connectivity index (χ3n) is 23.0. The molecule has 0 bridgehead atoms. The molecule has 8 aliphatic rings. The summed E-state index contributed by atoms with van der Waals surface area (Å²) in [5, 5.41) is 6.05. The standard InChI is InChI=1S/C64H108N2O5/c1-43(2)17-14-19-45(5)53-25-27-55-51-23-21-47-41-49(29-33-61(47,7)57(51)31-35-63(53,55)9)70-59(67)65-37-12-11-13-39-69-40-16-38-66-60(68)71-50-30-34-62(8)48(42-50)22-24-52-56-28-26-54(46(6)20-15-18-44(3)4)64(56,10)36-32-58(52)62/h21-22,43-46,49-58H,11-20,23-42H2,1-10H3,(H,65,67)(H,66,68). The first-order valence-electron chi connectivity index (χ1n) is 30.8. The fourth-order valence-electron chi connectivity index (χ4n) is 19.1. The second-order valence-electron chi connectivity index (χ2n) is 28.0. The van der Waals surface area contributed by atoms with Crippen molar-refractivity contribution in [3.8, 4) is 0 Å². The maximum absolute atomic E-state index is 12.9. The van der Waals surface area contributed by atoms with Gasteiger partial charge in [0.25, 0.3) is 0 Å². The number of hydrogen-bond acceptors (Lipinski definition) is 5. The van der Waals surface area contributed by atoms with E-state index in [0.717, 1.165) is 135 Å². The Morgan fingerprint density at radius 1 is 0.521 bits per heavy atom. The Morgan fingerprint density at radius 3 is 1.44 bits per heavy atom. The number of hydrogen-bond donors (Lipinski definition) is 2. The second kappa shape index (κ2) is 23.9. The summed E-state index contributed by atoms with van der Waals surface area (Å²) in [6.07, 6.45) is 36.5. The molecular formula is C64H108N2O5. The quantitative estimate of drug-likeness (QED) is 0.0834. The van der Waals surface area contributed by atoms with E-state index in [2.05, 4.69) is 92.0 Å². The first kappa shape index (κ1) is 55.2. The van der Waals surface area contributed by atoms with Gasteiger partial charge in [0, 0.05) is 39.1 Å². The summed E-state index contributed by atoms with van der Waals surface area (Å²) < 4.78 is 18.0. The molecule has 0 heterocycles. The highest BCUT2D eigenvalue weighted by Gasteiger charge is 2.61. The van der Waals surface area contributed by atoms with E-state index in [0.29, 0.717) is 37.1 Å². The molecule has 7 heteroatoms. The van der Waals surface area contributed by atoms with Crippen molar-refractivity contribution >= 4 is 12.2 Å². The fraction of sp³-hybridized carbons (Fsp3) is 0.906. The van der Waals surface area contributed by atoms with Crippen LogP contribution in [0.2, 0.25) is 0 Å². The van der Waals surface area contributed by atoms with Gasteiger partial charge in [0.1, 0.15) is 12.2 Å². The molecule has 0 saturated heterocycles. The summed E-state index contributed by atoms with van der Waals surface area (Å²) in [5.41, 5.74) is 4.73. The molecule has 2 N–H and O–H groups in total. The number of nitrogens with one attached hydrogen (secondary N) is 2. The molecule has 8 aliphatic carbocycles. The minimum atomic E-state index is -0.278. The number of rotatable bonds is 22. The minimum absolute atomic E-state index is 0.00913. The zero-order chi connectivity index (χ0) is 50.6. The van der Waals surface area contributed by atoms with Crippen molar-refractivity contribution in [3.63, 3.8) is 0 Å². The Balaban J connectivity index is 0.654. The summed E-state index contributed by atoms with van der Waals surface area (Å²) in [5.74, 6) is 10.1. The highest BCUT2D eigenvalue weighted by atomic mass is 16.6. The Labute approximate surface area is 435 Å². The van der Waals surface area contributed by atoms with Crippen LogP contribution < -0.4 is 10.6 Å². The maximum Gasteiger partial charge on any atom is 0.407 e. The van der Waals surface area contributed by atoms with E-state index < -0.39 is 0 Å². The van der Waals surface area contributed by atoms with Crippen LogP contribution in [0.5, 0.6) is 0 Å². The van der Waals surface area contributed by atoms with E-state index in [4.69, 9.17) is 14.2 Å². The molecule has 6 fully saturated rings. The minimum Gasteiger partial charge on any atom is -0.446 e. The summed E-state index contributed by atoms with van der Waals surface area (Å²) >= 11 is 0. The summed E-state index contributed by atoms with van der Waals surface area (Å²) in [4.78, 5) is 25.8. The lowest BCUT2D eigenvalue weighted by molar-refractivity contribution is -0.0581. The van der Waals surface area contributed by atoms with Crippen LogP contribution >= 0.6 is 0 Å². The van der Waals surface area contributed by atoms with Gasteiger partial charge in [-0.15, -0.1) is 0 Å². The van der Waals surface area contributed by atoms with Gasteiger partial charge in [-0.05, 0) is 208 Å². The largest absolute Gasteiger partial charge is 0.446 e. The molecule has 7 nitrogen and oxygen atoms in total. The average molecular weight is 986 g/mol. The van der Waals surface area contributed by atoms with Crippen molar-refractivity contribution < 1.29 is 23.8 Å². The number of carbonyl (C=O) groups excluding carboxylic acids is 2. The number of unbranched alkanes of at least 4 members (excludes halogenated alkanes) is 2. The Kier molecular flexibility index (Phi) is 18.6. The van der Waals surface area contributed by atoms with E-state index in [9.17, 15) is 9.59 Å². The van der Waals surface area contributed by atoms with Gasteiger partial charge in [0.05, 0.1) is 0 Å². The molecule has 71 heavy (non-hydrogen) atoms. The van der Waals surface area contributed by atoms with Crippen molar-refractivity contribution in [2.24, 2.45) is 92.7 Å². The van der Waals surface area contributed by atoms with E-state index >= 15 is 0 Å². The fourth-order valence-corrected chi connectivity index (χ4v) is 19.1. The van der Waals surface area contributed by atoms with Gasteiger partial charge < -0.3 is 24.8 Å². The van der Waals surface area contributed by atoms with Crippen LogP contribution in [0, 0.1) is 92.7 Å². The predicted molar refractivity (Wildman–Crippen MR) is 292 cm³/mol. The van der Waals surface area contributed by atoms with Gasteiger partial charge in [-0.1, -0.05) is 131 Å². The van der Waals surface area contributed by atoms with E-state index in [1.165, 1.54) is 103 Å². The molecule has 0 radical (unpaired) electrons. The van der Waals surface area contributed by atoms with Gasteiger partial charge in [-0.25, -0.2) is 9.59 Å². The molecule has 16 atom stereocenters. The van der Waals surface area contributed by atoms with Crippen molar-refractivity contribution in [1.82, 2.24) is 10.6 Å². The topological polar surface area (TPSA) is 85.9 Å². The Morgan fingerprint density at radius 2 is 0.972 bits per heavy atom. The SMILES string of the molecule is CC(C)CCCC(C)C1CCC2C3CC=C4CC(OC(=O)NCCCCCOCCCNC(=O)OC5CCC6(C)C(=CCC7C6CCC6(C)C(C(C)CCCC(C)C)CCC76)C5)CCC4(C)C3CCC12C. The molecule has 0 aromatic carbocycles. The number of alkyl carbamates (subject to hydrolysis) is 2. The van der Waals surface area contributed by atoms with Crippen molar-refractivity contribution in [2.45, 2.75) is 248 Å². The second-order valence-corrected chi connectivity index (χ2v) is 28.0. The molecule has 0 spiro atoms. The highest BCUT2D eigenvalue weighted by molar-refractivity contribution is 5.67. The van der Waals surface area contributed by atoms with Gasteiger partial charge in [0.2, 0.25) is 0 Å². The van der Waals surface area contributed by atoms with Crippen LogP contribution in [0.3, 0.4) is 0 Å². The van der Waals surface area contributed by atoms with Gasteiger partial charge in [-0.2, -0.15) is 0 Å². The number of fused-ring (bicyclic) bond motifs is 10. The third kappa shape index (κ3) is 12.2.